The molecule has 0 amide bonds. The van der Waals surface area contributed by atoms with E-state index in [-0.39, 0.29) is 11.7 Å². The minimum absolute atomic E-state index is 0.157. The average molecular weight is 451 g/mol. The molecule has 0 radical (unpaired) electrons. The summed E-state index contributed by atoms with van der Waals surface area (Å²) < 4.78 is 14.1. The highest BCUT2D eigenvalue weighted by Crippen LogP contribution is 2.34. The molecule has 122 valence electrons. The summed E-state index contributed by atoms with van der Waals surface area (Å²) in [5.41, 5.74) is 3.85. The minimum Gasteiger partial charge on any atom is -0.298 e. The average Bonchev–Trinajstić information content (AvgIpc) is 3.15. The lowest BCUT2D eigenvalue weighted by Crippen LogP contribution is -2.06. The van der Waals surface area contributed by atoms with Gasteiger partial charge in [-0.05, 0) is 40.8 Å². The maximum atomic E-state index is 13.3. The van der Waals surface area contributed by atoms with E-state index in [1.165, 1.54) is 12.1 Å². The van der Waals surface area contributed by atoms with Crippen molar-refractivity contribution in [1.82, 2.24) is 4.98 Å². The molecule has 24 heavy (non-hydrogen) atoms. The van der Waals surface area contributed by atoms with Gasteiger partial charge in [0, 0.05) is 15.9 Å². The molecule has 0 aliphatic heterocycles. The molecule has 2 aromatic heterocycles. The van der Waals surface area contributed by atoms with Crippen molar-refractivity contribution >= 4 is 40.2 Å². The van der Waals surface area contributed by atoms with E-state index in [0.717, 1.165) is 38.1 Å². The first-order valence-electron chi connectivity index (χ1n) is 7.50. The van der Waals surface area contributed by atoms with E-state index < -0.39 is 0 Å². The second-order valence-corrected chi connectivity index (χ2v) is 7.34. The number of hydrogen-bond acceptors (Lipinski definition) is 3. The van der Waals surface area contributed by atoms with Crippen molar-refractivity contribution in [2.45, 2.75) is 12.8 Å². The van der Waals surface area contributed by atoms with Crippen LogP contribution in [0.2, 0.25) is 0 Å². The molecule has 2 nitrogen and oxygen atoms in total. The van der Waals surface area contributed by atoms with Gasteiger partial charge in [-0.15, -0.1) is 11.3 Å². The Morgan fingerprint density at radius 1 is 1.29 bits per heavy atom. The molecule has 0 bridgehead atoms. The largest absolute Gasteiger partial charge is 0.298 e. The molecule has 0 aliphatic rings. The maximum absolute atomic E-state index is 13.3. The van der Waals surface area contributed by atoms with Crippen molar-refractivity contribution in [1.29, 1.82) is 0 Å². The lowest BCUT2D eigenvalue weighted by molar-refractivity contribution is 0.112. The van der Waals surface area contributed by atoms with Gasteiger partial charge in [0.2, 0.25) is 0 Å². The number of halogens is 2. The van der Waals surface area contributed by atoms with Crippen LogP contribution in [0.5, 0.6) is 0 Å². The summed E-state index contributed by atoms with van der Waals surface area (Å²) in [5, 5.41) is 2.00. The van der Waals surface area contributed by atoms with Crippen LogP contribution in [0.3, 0.4) is 0 Å². The van der Waals surface area contributed by atoms with Crippen LogP contribution in [-0.2, 0) is 0 Å². The lowest BCUT2D eigenvalue weighted by atomic mass is 9.94. The van der Waals surface area contributed by atoms with Crippen LogP contribution in [0.25, 0.3) is 21.7 Å². The van der Waals surface area contributed by atoms with Gasteiger partial charge in [-0.2, -0.15) is 0 Å². The fourth-order valence-corrected chi connectivity index (χ4v) is 3.67. The Morgan fingerprint density at radius 3 is 2.62 bits per heavy atom. The van der Waals surface area contributed by atoms with Gasteiger partial charge in [-0.25, -0.2) is 4.39 Å². The third-order valence-electron chi connectivity index (χ3n) is 3.83. The van der Waals surface area contributed by atoms with E-state index >= 15 is 0 Å². The molecule has 3 aromatic rings. The van der Waals surface area contributed by atoms with Crippen molar-refractivity contribution in [2.24, 2.45) is 0 Å². The molecule has 0 fully saturated rings. The van der Waals surface area contributed by atoms with Crippen molar-refractivity contribution in [3.8, 4) is 21.7 Å². The lowest BCUT2D eigenvalue weighted by Gasteiger charge is -2.16. The number of benzene rings is 1. The van der Waals surface area contributed by atoms with Crippen molar-refractivity contribution < 1.29 is 9.18 Å². The molecule has 1 aromatic carbocycles. The number of thiophene rings is 1. The molecular formula is C19H15FINOS. The number of carbonyl (C=O) groups excluding carboxylic acids is 1. The zero-order chi connectivity index (χ0) is 17.1. The first-order chi connectivity index (χ1) is 11.6. The predicted octanol–water partition coefficient (Wildman–Crippen LogP) is 5.97. The van der Waals surface area contributed by atoms with Gasteiger partial charge in [0.1, 0.15) is 5.82 Å². The van der Waals surface area contributed by atoms with Gasteiger partial charge in [0.15, 0.2) is 6.29 Å². The van der Waals surface area contributed by atoms with Crippen LogP contribution in [-0.4, -0.2) is 15.7 Å². The molecule has 0 spiro atoms. The second-order valence-electron chi connectivity index (χ2n) is 5.51. The van der Waals surface area contributed by atoms with Crippen molar-refractivity contribution in [2.75, 3.05) is 4.43 Å². The molecule has 0 N–H and O–H groups in total. The molecule has 5 heteroatoms. The third-order valence-corrected chi connectivity index (χ3v) is 6.05. The maximum Gasteiger partial charge on any atom is 0.152 e. The highest BCUT2D eigenvalue weighted by atomic mass is 127. The quantitative estimate of drug-likeness (QED) is 0.272. The van der Waals surface area contributed by atoms with Crippen molar-refractivity contribution in [3.63, 3.8) is 0 Å². The van der Waals surface area contributed by atoms with E-state index in [1.54, 1.807) is 23.5 Å². The van der Waals surface area contributed by atoms with Gasteiger partial charge in [-0.3, -0.25) is 9.78 Å². The molecular weight excluding hydrogens is 436 g/mol. The Hall–Kier alpha value is -1.60. The normalized spacial score (nSPS) is 12.1. The van der Waals surface area contributed by atoms with Gasteiger partial charge in [0.25, 0.3) is 0 Å². The number of aromatic nitrogens is 1. The number of rotatable bonds is 5. The molecule has 1 atom stereocenters. The number of nitrogens with zero attached hydrogens (tertiary/aromatic N) is 1. The summed E-state index contributed by atoms with van der Waals surface area (Å²) in [4.78, 5) is 17.6. The summed E-state index contributed by atoms with van der Waals surface area (Å²) in [6, 6.07) is 12.1. The highest BCUT2D eigenvalue weighted by molar-refractivity contribution is 14.1. The van der Waals surface area contributed by atoms with Gasteiger partial charge in [-0.1, -0.05) is 47.7 Å². The van der Waals surface area contributed by atoms with Crippen LogP contribution in [0.4, 0.5) is 4.39 Å². The monoisotopic (exact) mass is 451 g/mol. The fraction of sp³-hybridized carbons (Fsp3) is 0.158. The summed E-state index contributed by atoms with van der Waals surface area (Å²) >= 11 is 3.91. The van der Waals surface area contributed by atoms with Crippen LogP contribution in [0, 0.1) is 5.82 Å². The predicted molar refractivity (Wildman–Crippen MR) is 106 cm³/mol. The summed E-state index contributed by atoms with van der Waals surface area (Å²) in [6.45, 7) is 2.06. The van der Waals surface area contributed by atoms with E-state index in [0.29, 0.717) is 5.56 Å². The summed E-state index contributed by atoms with van der Waals surface area (Å²) in [5.74, 6) is -0.135. The number of carbonyl (C=O) groups is 1. The minimum atomic E-state index is -0.292. The van der Waals surface area contributed by atoms with E-state index in [4.69, 9.17) is 4.98 Å². The number of pyridine rings is 1. The first kappa shape index (κ1) is 17.2. The number of hydrogen-bond donors (Lipinski definition) is 0. The molecule has 0 aliphatic carbocycles. The summed E-state index contributed by atoms with van der Waals surface area (Å²) in [7, 11) is 0. The Bertz CT molecular complexity index is 847. The molecule has 1 unspecified atom stereocenters. The topological polar surface area (TPSA) is 30.0 Å². The Balaban J connectivity index is 2.27. The van der Waals surface area contributed by atoms with Crippen LogP contribution in [0.1, 0.15) is 28.9 Å². The number of aldehydes is 1. The Morgan fingerprint density at radius 2 is 2.04 bits per heavy atom. The van der Waals surface area contributed by atoms with Crippen LogP contribution in [0.15, 0.2) is 47.8 Å². The van der Waals surface area contributed by atoms with E-state index in [2.05, 4.69) is 29.5 Å². The second kappa shape index (κ2) is 7.53. The highest BCUT2D eigenvalue weighted by Gasteiger charge is 2.19. The SMILES string of the molecule is CC(CI)c1nc(-c2cccs2)cc(-c2ccc(F)cc2)c1C=O. The zero-order valence-electron chi connectivity index (χ0n) is 13.0. The molecule has 3 rings (SSSR count). The smallest absolute Gasteiger partial charge is 0.152 e. The molecule has 0 saturated heterocycles. The van der Waals surface area contributed by atoms with Crippen molar-refractivity contribution in [3.05, 3.63) is 64.9 Å². The van der Waals surface area contributed by atoms with Crippen LogP contribution < -0.4 is 0 Å². The van der Waals surface area contributed by atoms with E-state index in [9.17, 15) is 9.18 Å². The zero-order valence-corrected chi connectivity index (χ0v) is 16.0. The van der Waals surface area contributed by atoms with E-state index in [1.807, 2.05) is 23.6 Å². The standard InChI is InChI=1S/C19H15FINOS/c1-12(10-21)19-16(11-23)15(13-4-6-14(20)7-5-13)9-17(22-19)18-3-2-8-24-18/h2-9,11-12H,10H2,1H3. The first-order valence-corrected chi connectivity index (χ1v) is 9.90. The third kappa shape index (κ3) is 3.42. The van der Waals surface area contributed by atoms with Crippen LogP contribution >= 0.6 is 33.9 Å². The Labute approximate surface area is 157 Å². The number of alkyl halides is 1. The van der Waals surface area contributed by atoms with Gasteiger partial charge in [0.05, 0.1) is 16.3 Å². The molecule has 2 heterocycles. The fourth-order valence-electron chi connectivity index (χ4n) is 2.57. The summed E-state index contributed by atoms with van der Waals surface area (Å²) in [6.07, 6.45) is 0.863. The van der Waals surface area contributed by atoms with Gasteiger partial charge < -0.3 is 0 Å². The van der Waals surface area contributed by atoms with Gasteiger partial charge >= 0.3 is 0 Å². The molecule has 0 saturated carbocycles. The Kier molecular flexibility index (Phi) is 5.40.